The lowest BCUT2D eigenvalue weighted by Gasteiger charge is -2.12. The third-order valence-electron chi connectivity index (χ3n) is 3.49. The van der Waals surface area contributed by atoms with E-state index in [2.05, 4.69) is 27.3 Å². The molecule has 4 heteroatoms. The first-order chi connectivity index (χ1) is 9.24. The lowest BCUT2D eigenvalue weighted by molar-refractivity contribution is 0.352. The Bertz CT molecular complexity index is 419. The topological polar surface area (TPSA) is 30.5 Å². The number of halogens is 1. The van der Waals surface area contributed by atoms with E-state index in [1.54, 1.807) is 14.2 Å². The van der Waals surface area contributed by atoms with E-state index in [4.69, 9.17) is 9.47 Å². The standard InChI is InChI=1S/C15H22BrNO2/c1-18-14-9-12(8-13(16)15(14)19-2)10-17-7-3-4-11-5-6-11/h8-9,11,17H,3-7,10H2,1-2H3. The third kappa shape index (κ3) is 4.39. The molecule has 0 aromatic heterocycles. The van der Waals surface area contributed by atoms with Crippen LogP contribution in [-0.2, 0) is 6.54 Å². The van der Waals surface area contributed by atoms with Gasteiger partial charge in [-0.15, -0.1) is 0 Å². The molecule has 1 saturated carbocycles. The molecule has 3 nitrogen and oxygen atoms in total. The van der Waals surface area contributed by atoms with E-state index < -0.39 is 0 Å². The highest BCUT2D eigenvalue weighted by molar-refractivity contribution is 9.10. The molecule has 0 radical (unpaired) electrons. The smallest absolute Gasteiger partial charge is 0.174 e. The van der Waals surface area contributed by atoms with Gasteiger partial charge >= 0.3 is 0 Å². The number of rotatable bonds is 8. The van der Waals surface area contributed by atoms with Gasteiger partial charge < -0.3 is 14.8 Å². The normalized spacial score (nSPS) is 14.5. The van der Waals surface area contributed by atoms with Crippen molar-refractivity contribution in [2.45, 2.75) is 32.2 Å². The summed E-state index contributed by atoms with van der Waals surface area (Å²) in [7, 11) is 3.32. The largest absolute Gasteiger partial charge is 0.493 e. The monoisotopic (exact) mass is 327 g/mol. The molecule has 0 amide bonds. The summed E-state index contributed by atoms with van der Waals surface area (Å²) in [4.78, 5) is 0. The Balaban J connectivity index is 1.83. The fourth-order valence-corrected chi connectivity index (χ4v) is 2.88. The average Bonchev–Trinajstić information content (AvgIpc) is 3.21. The van der Waals surface area contributed by atoms with Crippen LogP contribution in [0.2, 0.25) is 0 Å². The summed E-state index contributed by atoms with van der Waals surface area (Å²) < 4.78 is 11.6. The van der Waals surface area contributed by atoms with Gasteiger partial charge in [0.25, 0.3) is 0 Å². The van der Waals surface area contributed by atoms with Gasteiger partial charge in [-0.1, -0.05) is 12.8 Å². The van der Waals surface area contributed by atoms with Gasteiger partial charge in [-0.25, -0.2) is 0 Å². The van der Waals surface area contributed by atoms with Crippen LogP contribution in [0.15, 0.2) is 16.6 Å². The summed E-state index contributed by atoms with van der Waals surface area (Å²) in [5.41, 5.74) is 1.20. The van der Waals surface area contributed by atoms with Gasteiger partial charge in [-0.05, 0) is 58.9 Å². The minimum Gasteiger partial charge on any atom is -0.493 e. The SMILES string of the molecule is COc1cc(CNCCCC2CC2)cc(Br)c1OC. The highest BCUT2D eigenvalue weighted by Gasteiger charge is 2.19. The molecule has 1 aliphatic rings. The summed E-state index contributed by atoms with van der Waals surface area (Å²) in [6.45, 7) is 1.95. The van der Waals surface area contributed by atoms with Crippen LogP contribution < -0.4 is 14.8 Å². The Morgan fingerprint density at radius 2 is 2.05 bits per heavy atom. The Hall–Kier alpha value is -0.740. The average molecular weight is 328 g/mol. The summed E-state index contributed by atoms with van der Waals surface area (Å²) in [6, 6.07) is 4.10. The van der Waals surface area contributed by atoms with Crippen LogP contribution in [0.4, 0.5) is 0 Å². The lowest BCUT2D eigenvalue weighted by Crippen LogP contribution is -2.15. The highest BCUT2D eigenvalue weighted by atomic mass is 79.9. The van der Waals surface area contributed by atoms with Gasteiger partial charge in [-0.3, -0.25) is 0 Å². The molecule has 1 aliphatic carbocycles. The molecule has 106 valence electrons. The summed E-state index contributed by atoms with van der Waals surface area (Å²) >= 11 is 3.52. The molecule has 0 bridgehead atoms. The third-order valence-corrected chi connectivity index (χ3v) is 4.07. The fourth-order valence-electron chi connectivity index (χ4n) is 2.23. The van der Waals surface area contributed by atoms with Crippen LogP contribution >= 0.6 is 15.9 Å². The molecular weight excluding hydrogens is 306 g/mol. The summed E-state index contributed by atoms with van der Waals surface area (Å²) in [6.07, 6.45) is 5.55. The lowest BCUT2D eigenvalue weighted by atomic mass is 10.2. The van der Waals surface area contributed by atoms with E-state index in [-0.39, 0.29) is 0 Å². The zero-order valence-electron chi connectivity index (χ0n) is 11.7. The predicted octanol–water partition coefficient (Wildman–Crippen LogP) is 3.75. The molecule has 0 unspecified atom stereocenters. The number of hydrogen-bond donors (Lipinski definition) is 1. The number of methoxy groups -OCH3 is 2. The quantitative estimate of drug-likeness (QED) is 0.738. The van der Waals surface area contributed by atoms with Gasteiger partial charge in [0.2, 0.25) is 0 Å². The van der Waals surface area contributed by atoms with Gasteiger partial charge in [0.1, 0.15) is 0 Å². The van der Waals surface area contributed by atoms with Crippen LogP contribution in [0.25, 0.3) is 0 Å². The van der Waals surface area contributed by atoms with Crippen LogP contribution in [0, 0.1) is 5.92 Å². The maximum atomic E-state index is 5.34. The van der Waals surface area contributed by atoms with Crippen molar-refractivity contribution >= 4 is 15.9 Å². The number of nitrogens with one attached hydrogen (secondary N) is 1. The van der Waals surface area contributed by atoms with Gasteiger partial charge in [0, 0.05) is 6.54 Å². The zero-order chi connectivity index (χ0) is 13.7. The van der Waals surface area contributed by atoms with Crippen LogP contribution in [0.5, 0.6) is 11.5 Å². The van der Waals surface area contributed by atoms with Crippen molar-refractivity contribution in [1.82, 2.24) is 5.32 Å². The Morgan fingerprint density at radius 3 is 2.68 bits per heavy atom. The fraction of sp³-hybridized carbons (Fsp3) is 0.600. The van der Waals surface area contributed by atoms with E-state index in [0.717, 1.165) is 35.0 Å². The second-order valence-corrected chi connectivity index (χ2v) is 5.93. The minimum atomic E-state index is 0.750. The minimum absolute atomic E-state index is 0.750. The number of ether oxygens (including phenoxy) is 2. The highest BCUT2D eigenvalue weighted by Crippen LogP contribution is 2.36. The van der Waals surface area contributed by atoms with Crippen LogP contribution in [0.1, 0.15) is 31.2 Å². The molecule has 2 rings (SSSR count). The van der Waals surface area contributed by atoms with Gasteiger partial charge in [0.05, 0.1) is 18.7 Å². The molecular formula is C15H22BrNO2. The predicted molar refractivity (Wildman–Crippen MR) is 80.9 cm³/mol. The summed E-state index contributed by atoms with van der Waals surface area (Å²) in [5.74, 6) is 2.55. The molecule has 19 heavy (non-hydrogen) atoms. The van der Waals surface area contributed by atoms with Crippen molar-refractivity contribution in [1.29, 1.82) is 0 Å². The Morgan fingerprint density at radius 1 is 1.26 bits per heavy atom. The second-order valence-electron chi connectivity index (χ2n) is 5.08. The first-order valence-corrected chi connectivity index (χ1v) is 7.65. The van der Waals surface area contributed by atoms with Crippen molar-refractivity contribution in [3.63, 3.8) is 0 Å². The Labute approximate surface area is 123 Å². The van der Waals surface area contributed by atoms with E-state index >= 15 is 0 Å². The maximum absolute atomic E-state index is 5.34. The van der Waals surface area contributed by atoms with E-state index in [1.165, 1.54) is 31.2 Å². The molecule has 1 N–H and O–H groups in total. The maximum Gasteiger partial charge on any atom is 0.174 e. The van der Waals surface area contributed by atoms with E-state index in [9.17, 15) is 0 Å². The van der Waals surface area contributed by atoms with E-state index in [1.807, 2.05) is 6.07 Å². The van der Waals surface area contributed by atoms with Crippen molar-refractivity contribution in [3.8, 4) is 11.5 Å². The number of hydrogen-bond acceptors (Lipinski definition) is 3. The van der Waals surface area contributed by atoms with E-state index in [0.29, 0.717) is 0 Å². The van der Waals surface area contributed by atoms with Crippen molar-refractivity contribution in [2.24, 2.45) is 5.92 Å². The van der Waals surface area contributed by atoms with Gasteiger partial charge in [-0.2, -0.15) is 0 Å². The van der Waals surface area contributed by atoms with Crippen molar-refractivity contribution in [3.05, 3.63) is 22.2 Å². The zero-order valence-corrected chi connectivity index (χ0v) is 13.3. The second kappa shape index (κ2) is 7.15. The molecule has 0 atom stereocenters. The first-order valence-electron chi connectivity index (χ1n) is 6.85. The van der Waals surface area contributed by atoms with Gasteiger partial charge in [0.15, 0.2) is 11.5 Å². The molecule has 0 saturated heterocycles. The molecule has 1 aromatic rings. The molecule has 1 aromatic carbocycles. The van der Waals surface area contributed by atoms with Crippen molar-refractivity contribution < 1.29 is 9.47 Å². The molecule has 0 heterocycles. The molecule has 0 aliphatic heterocycles. The van der Waals surface area contributed by atoms with Crippen LogP contribution in [-0.4, -0.2) is 20.8 Å². The van der Waals surface area contributed by atoms with Crippen LogP contribution in [0.3, 0.4) is 0 Å². The molecule has 1 fully saturated rings. The summed E-state index contributed by atoms with van der Waals surface area (Å²) in [5, 5.41) is 3.48. The Kier molecular flexibility index (Phi) is 5.52. The molecule has 0 spiro atoms. The first kappa shape index (κ1) is 14.7. The number of benzene rings is 1. The van der Waals surface area contributed by atoms with Crippen molar-refractivity contribution in [2.75, 3.05) is 20.8 Å².